The van der Waals surface area contributed by atoms with E-state index in [0.717, 1.165) is 12.1 Å². The van der Waals surface area contributed by atoms with Crippen molar-refractivity contribution in [3.63, 3.8) is 0 Å². The highest BCUT2D eigenvalue weighted by Gasteiger charge is 2.19. The van der Waals surface area contributed by atoms with Gasteiger partial charge in [0.1, 0.15) is 5.82 Å². The lowest BCUT2D eigenvalue weighted by atomic mass is 10.3. The SMILES string of the molecule is COc1c(N)cc(S(=O)(=O)Nc2ccn[nH]2)cc1F. The fourth-order valence-electron chi connectivity index (χ4n) is 1.48. The van der Waals surface area contributed by atoms with E-state index in [1.165, 1.54) is 19.4 Å². The minimum absolute atomic E-state index is 0.104. The van der Waals surface area contributed by atoms with Gasteiger partial charge in [-0.15, -0.1) is 0 Å². The number of nitrogens with one attached hydrogen (secondary N) is 2. The number of nitrogens with zero attached hydrogens (tertiary/aromatic N) is 1. The highest BCUT2D eigenvalue weighted by molar-refractivity contribution is 7.92. The quantitative estimate of drug-likeness (QED) is 0.724. The van der Waals surface area contributed by atoms with E-state index in [1.54, 1.807) is 0 Å². The molecule has 4 N–H and O–H groups in total. The number of sulfonamides is 1. The smallest absolute Gasteiger partial charge is 0.263 e. The maximum Gasteiger partial charge on any atom is 0.263 e. The van der Waals surface area contributed by atoms with Crippen molar-refractivity contribution in [2.45, 2.75) is 4.90 Å². The number of halogens is 1. The van der Waals surface area contributed by atoms with Crippen molar-refractivity contribution in [3.05, 3.63) is 30.2 Å². The molecule has 19 heavy (non-hydrogen) atoms. The molecule has 0 bridgehead atoms. The molecule has 0 aliphatic carbocycles. The predicted molar refractivity (Wildman–Crippen MR) is 66.8 cm³/mol. The van der Waals surface area contributed by atoms with E-state index in [9.17, 15) is 12.8 Å². The molecule has 7 nitrogen and oxygen atoms in total. The molecule has 1 heterocycles. The van der Waals surface area contributed by atoms with Gasteiger partial charge in [0, 0.05) is 6.07 Å². The highest BCUT2D eigenvalue weighted by Crippen LogP contribution is 2.29. The van der Waals surface area contributed by atoms with Gasteiger partial charge in [0.25, 0.3) is 10.0 Å². The van der Waals surface area contributed by atoms with Crippen molar-refractivity contribution in [3.8, 4) is 5.75 Å². The van der Waals surface area contributed by atoms with E-state index in [-0.39, 0.29) is 22.2 Å². The summed E-state index contributed by atoms with van der Waals surface area (Å²) in [5.74, 6) is -0.886. The van der Waals surface area contributed by atoms with E-state index >= 15 is 0 Å². The van der Waals surface area contributed by atoms with Crippen LogP contribution in [0.5, 0.6) is 5.75 Å². The van der Waals surface area contributed by atoms with Crippen LogP contribution in [-0.4, -0.2) is 25.7 Å². The lowest BCUT2D eigenvalue weighted by Gasteiger charge is -2.10. The fourth-order valence-corrected chi connectivity index (χ4v) is 2.54. The molecule has 2 aromatic rings. The molecular formula is C10H11FN4O3S. The van der Waals surface area contributed by atoms with Gasteiger partial charge in [0.2, 0.25) is 0 Å². The molecule has 9 heteroatoms. The van der Waals surface area contributed by atoms with E-state index in [0.29, 0.717) is 0 Å². The van der Waals surface area contributed by atoms with Crippen molar-refractivity contribution in [1.82, 2.24) is 10.2 Å². The van der Waals surface area contributed by atoms with Crippen LogP contribution in [0, 0.1) is 5.82 Å². The van der Waals surface area contributed by atoms with Crippen LogP contribution in [0.15, 0.2) is 29.3 Å². The maximum atomic E-state index is 13.6. The predicted octanol–water partition coefficient (Wildman–Crippen LogP) is 0.940. The Kier molecular flexibility index (Phi) is 3.30. The molecule has 2 rings (SSSR count). The van der Waals surface area contributed by atoms with Gasteiger partial charge in [0.15, 0.2) is 11.6 Å². The van der Waals surface area contributed by atoms with Gasteiger partial charge >= 0.3 is 0 Å². The van der Waals surface area contributed by atoms with Crippen LogP contribution in [0.2, 0.25) is 0 Å². The van der Waals surface area contributed by atoms with Crippen LogP contribution in [-0.2, 0) is 10.0 Å². The molecule has 0 aliphatic heterocycles. The zero-order chi connectivity index (χ0) is 14.0. The molecule has 1 aromatic carbocycles. The molecule has 1 aromatic heterocycles. The number of benzene rings is 1. The summed E-state index contributed by atoms with van der Waals surface area (Å²) in [6.45, 7) is 0. The third kappa shape index (κ3) is 2.60. The Morgan fingerprint density at radius 1 is 1.47 bits per heavy atom. The fraction of sp³-hybridized carbons (Fsp3) is 0.100. The first-order valence-corrected chi connectivity index (χ1v) is 6.57. The Labute approximate surface area is 108 Å². The lowest BCUT2D eigenvalue weighted by molar-refractivity contribution is 0.388. The zero-order valence-electron chi connectivity index (χ0n) is 9.84. The molecular weight excluding hydrogens is 275 g/mol. The van der Waals surface area contributed by atoms with Crippen molar-refractivity contribution in [2.24, 2.45) is 0 Å². The number of ether oxygens (including phenoxy) is 1. The number of aromatic nitrogens is 2. The highest BCUT2D eigenvalue weighted by atomic mass is 32.2. The summed E-state index contributed by atoms with van der Waals surface area (Å²) in [5.41, 5.74) is 5.42. The van der Waals surface area contributed by atoms with Gasteiger partial charge in [-0.25, -0.2) is 12.8 Å². The monoisotopic (exact) mass is 286 g/mol. The molecule has 0 saturated carbocycles. The minimum atomic E-state index is -3.95. The number of anilines is 2. The topological polar surface area (TPSA) is 110 Å². The molecule has 0 saturated heterocycles. The molecule has 0 aliphatic rings. The maximum absolute atomic E-state index is 13.6. The Balaban J connectivity index is 2.41. The largest absolute Gasteiger partial charge is 0.492 e. The van der Waals surface area contributed by atoms with Crippen molar-refractivity contribution >= 4 is 21.5 Å². The number of H-pyrrole nitrogens is 1. The first-order valence-electron chi connectivity index (χ1n) is 5.09. The first kappa shape index (κ1) is 13.1. The summed E-state index contributed by atoms with van der Waals surface area (Å²) in [6, 6.07) is 3.36. The molecule has 0 unspecified atom stereocenters. The summed E-state index contributed by atoms with van der Waals surface area (Å²) in [5, 5.41) is 6.02. The number of aromatic amines is 1. The number of rotatable bonds is 4. The number of methoxy groups -OCH3 is 1. The standard InChI is InChI=1S/C10H11FN4O3S/c1-18-10-7(11)4-6(5-8(10)12)19(16,17)15-9-2-3-13-14-9/h2-5H,12H2,1H3,(H2,13,14,15). The van der Waals surface area contributed by atoms with E-state index in [1.807, 2.05) is 0 Å². The number of nitrogen functional groups attached to an aromatic ring is 1. The van der Waals surface area contributed by atoms with Crippen molar-refractivity contribution in [2.75, 3.05) is 17.6 Å². The number of hydrogen-bond donors (Lipinski definition) is 3. The van der Waals surface area contributed by atoms with Gasteiger partial charge < -0.3 is 10.5 Å². The van der Waals surface area contributed by atoms with Gasteiger partial charge in [-0.05, 0) is 12.1 Å². The Morgan fingerprint density at radius 2 is 2.21 bits per heavy atom. The van der Waals surface area contributed by atoms with E-state index in [4.69, 9.17) is 10.5 Å². The lowest BCUT2D eigenvalue weighted by Crippen LogP contribution is -2.14. The zero-order valence-corrected chi connectivity index (χ0v) is 10.7. The number of hydrogen-bond acceptors (Lipinski definition) is 5. The molecule has 0 fully saturated rings. The van der Waals surface area contributed by atoms with Crippen LogP contribution in [0.25, 0.3) is 0 Å². The second-order valence-electron chi connectivity index (χ2n) is 3.60. The minimum Gasteiger partial charge on any atom is -0.492 e. The van der Waals surface area contributed by atoms with Gasteiger partial charge in [-0.3, -0.25) is 9.82 Å². The molecule has 0 atom stereocenters. The first-order chi connectivity index (χ1) is 8.94. The van der Waals surface area contributed by atoms with Crippen molar-refractivity contribution in [1.29, 1.82) is 0 Å². The second-order valence-corrected chi connectivity index (χ2v) is 5.29. The van der Waals surface area contributed by atoms with Crippen LogP contribution in [0.3, 0.4) is 0 Å². The summed E-state index contributed by atoms with van der Waals surface area (Å²) in [7, 11) is -2.71. The summed E-state index contributed by atoms with van der Waals surface area (Å²) in [4.78, 5) is -0.307. The van der Waals surface area contributed by atoms with Gasteiger partial charge in [-0.2, -0.15) is 5.10 Å². The normalized spacial score (nSPS) is 11.3. The third-order valence-corrected chi connectivity index (χ3v) is 3.65. The molecule has 0 radical (unpaired) electrons. The van der Waals surface area contributed by atoms with Crippen LogP contribution in [0.1, 0.15) is 0 Å². The van der Waals surface area contributed by atoms with E-state index in [2.05, 4.69) is 14.9 Å². The van der Waals surface area contributed by atoms with Crippen LogP contribution >= 0.6 is 0 Å². The Morgan fingerprint density at radius 3 is 2.74 bits per heavy atom. The molecule has 0 amide bonds. The van der Waals surface area contributed by atoms with Gasteiger partial charge in [0.05, 0.1) is 23.9 Å². The van der Waals surface area contributed by atoms with Gasteiger partial charge in [-0.1, -0.05) is 0 Å². The van der Waals surface area contributed by atoms with Crippen LogP contribution < -0.4 is 15.2 Å². The average molecular weight is 286 g/mol. The number of nitrogens with two attached hydrogens (primary N) is 1. The van der Waals surface area contributed by atoms with Crippen molar-refractivity contribution < 1.29 is 17.5 Å². The second kappa shape index (κ2) is 4.76. The Hall–Kier alpha value is -2.29. The molecule has 102 valence electrons. The summed E-state index contributed by atoms with van der Waals surface area (Å²) < 4.78 is 44.5. The summed E-state index contributed by atoms with van der Waals surface area (Å²) >= 11 is 0. The Bertz CT molecular complexity index is 662. The third-order valence-electron chi connectivity index (χ3n) is 2.31. The van der Waals surface area contributed by atoms with Crippen LogP contribution in [0.4, 0.5) is 15.9 Å². The molecule has 0 spiro atoms. The van der Waals surface area contributed by atoms with E-state index < -0.39 is 15.8 Å². The average Bonchev–Trinajstić information content (AvgIpc) is 2.80. The summed E-state index contributed by atoms with van der Waals surface area (Å²) in [6.07, 6.45) is 1.38.